The number of benzene rings is 3. The second kappa shape index (κ2) is 10.8. The van der Waals surface area contributed by atoms with Gasteiger partial charge in [-0.1, -0.05) is 60.7 Å². The first-order valence-corrected chi connectivity index (χ1v) is 11.1. The van der Waals surface area contributed by atoms with Crippen molar-refractivity contribution in [1.82, 2.24) is 5.32 Å². The number of aryl methyl sites for hydroxylation is 1. The van der Waals surface area contributed by atoms with E-state index in [4.69, 9.17) is 4.74 Å². The van der Waals surface area contributed by atoms with Crippen LogP contribution in [0.4, 0.5) is 0 Å². The Balaban J connectivity index is 1.52. The van der Waals surface area contributed by atoms with Crippen molar-refractivity contribution in [2.75, 3.05) is 0 Å². The summed E-state index contributed by atoms with van der Waals surface area (Å²) >= 11 is 7.31. The molecule has 3 aromatic rings. The number of ether oxygens (including phenoxy) is 1. The van der Waals surface area contributed by atoms with Crippen molar-refractivity contribution >= 4 is 31.9 Å². The Bertz CT molecular complexity index is 845. The zero-order valence-corrected chi connectivity index (χ0v) is 19.2. The van der Waals surface area contributed by atoms with E-state index in [0.717, 1.165) is 39.6 Å². The van der Waals surface area contributed by atoms with Crippen LogP contribution in [0.25, 0.3) is 0 Å². The van der Waals surface area contributed by atoms with E-state index in [-0.39, 0.29) is 0 Å². The van der Waals surface area contributed by atoms with Gasteiger partial charge in [-0.15, -0.1) is 0 Å². The van der Waals surface area contributed by atoms with Crippen LogP contribution in [0.3, 0.4) is 0 Å². The maximum absolute atomic E-state index is 6.01. The molecule has 1 atom stereocenters. The molecule has 0 aromatic heterocycles. The molecule has 146 valence electrons. The highest BCUT2D eigenvalue weighted by Gasteiger charge is 2.10. The molecule has 0 unspecified atom stereocenters. The highest BCUT2D eigenvalue weighted by Crippen LogP contribution is 2.35. The minimum Gasteiger partial charge on any atom is -0.487 e. The second-order valence-corrected chi connectivity index (χ2v) is 8.68. The lowest BCUT2D eigenvalue weighted by atomic mass is 10.1. The lowest BCUT2D eigenvalue weighted by molar-refractivity contribution is 0.302. The molecule has 0 saturated carbocycles. The van der Waals surface area contributed by atoms with Gasteiger partial charge in [-0.2, -0.15) is 0 Å². The van der Waals surface area contributed by atoms with Gasteiger partial charge in [0.15, 0.2) is 0 Å². The van der Waals surface area contributed by atoms with E-state index < -0.39 is 0 Å². The molecule has 0 amide bonds. The van der Waals surface area contributed by atoms with Crippen LogP contribution in [-0.2, 0) is 19.6 Å². The largest absolute Gasteiger partial charge is 0.487 e. The van der Waals surface area contributed by atoms with Crippen molar-refractivity contribution in [1.29, 1.82) is 0 Å². The Kier molecular flexibility index (Phi) is 8.13. The average molecular weight is 503 g/mol. The van der Waals surface area contributed by atoms with Crippen molar-refractivity contribution in [3.05, 3.63) is 98.4 Å². The Hall–Kier alpha value is -1.62. The number of rotatable bonds is 9. The van der Waals surface area contributed by atoms with Crippen molar-refractivity contribution in [2.24, 2.45) is 0 Å². The molecule has 3 aromatic carbocycles. The van der Waals surface area contributed by atoms with E-state index in [1.54, 1.807) is 0 Å². The molecule has 0 aliphatic rings. The molecule has 0 bridgehead atoms. The fraction of sp³-hybridized carbons (Fsp3) is 0.250. The third-order valence-corrected chi connectivity index (χ3v) is 5.83. The first-order chi connectivity index (χ1) is 13.6. The summed E-state index contributed by atoms with van der Waals surface area (Å²) in [5, 5.41) is 3.62. The van der Waals surface area contributed by atoms with Crippen molar-refractivity contribution in [2.45, 2.75) is 39.0 Å². The summed E-state index contributed by atoms with van der Waals surface area (Å²) < 4.78 is 7.94. The molecular weight excluding hydrogens is 478 g/mol. The number of hydrogen-bond donors (Lipinski definition) is 1. The summed E-state index contributed by atoms with van der Waals surface area (Å²) in [4.78, 5) is 0. The van der Waals surface area contributed by atoms with Gasteiger partial charge in [0.2, 0.25) is 0 Å². The van der Waals surface area contributed by atoms with Gasteiger partial charge in [-0.3, -0.25) is 0 Å². The number of hydrogen-bond acceptors (Lipinski definition) is 2. The second-order valence-electron chi connectivity index (χ2n) is 6.97. The molecule has 0 saturated heterocycles. The van der Waals surface area contributed by atoms with Crippen LogP contribution in [0.5, 0.6) is 5.75 Å². The Labute approximate surface area is 184 Å². The maximum Gasteiger partial charge on any atom is 0.148 e. The molecule has 4 heteroatoms. The zero-order valence-electron chi connectivity index (χ0n) is 16.0. The molecule has 1 N–H and O–H groups in total. The van der Waals surface area contributed by atoms with Crippen molar-refractivity contribution in [3.8, 4) is 5.75 Å². The molecule has 0 heterocycles. The van der Waals surface area contributed by atoms with Crippen LogP contribution >= 0.6 is 31.9 Å². The van der Waals surface area contributed by atoms with Gasteiger partial charge in [0.1, 0.15) is 12.4 Å². The summed E-state index contributed by atoms with van der Waals surface area (Å²) in [6.45, 7) is 3.61. The van der Waals surface area contributed by atoms with Crippen LogP contribution in [0.15, 0.2) is 81.7 Å². The first kappa shape index (κ1) is 21.1. The van der Waals surface area contributed by atoms with Crippen molar-refractivity contribution < 1.29 is 4.74 Å². The number of halogens is 2. The monoisotopic (exact) mass is 501 g/mol. The SMILES string of the molecule is C[C@@H](CCc1ccccc1)NCc1cc(Br)c(OCc2ccccc2)c(Br)c1. The minimum absolute atomic E-state index is 0.451. The molecule has 28 heavy (non-hydrogen) atoms. The summed E-state index contributed by atoms with van der Waals surface area (Å²) in [6, 6.07) is 25.5. The summed E-state index contributed by atoms with van der Waals surface area (Å²) in [7, 11) is 0. The van der Waals surface area contributed by atoms with Gasteiger partial charge in [0.05, 0.1) is 8.95 Å². The van der Waals surface area contributed by atoms with E-state index in [0.29, 0.717) is 12.6 Å². The van der Waals surface area contributed by atoms with Gasteiger partial charge < -0.3 is 10.1 Å². The quantitative estimate of drug-likeness (QED) is 0.343. The van der Waals surface area contributed by atoms with Crippen LogP contribution in [0.2, 0.25) is 0 Å². The van der Waals surface area contributed by atoms with Gasteiger partial charge in [0, 0.05) is 12.6 Å². The van der Waals surface area contributed by atoms with Crippen LogP contribution in [-0.4, -0.2) is 6.04 Å². The van der Waals surface area contributed by atoms with Crippen LogP contribution in [0, 0.1) is 0 Å². The van der Waals surface area contributed by atoms with E-state index in [2.05, 4.69) is 98.7 Å². The van der Waals surface area contributed by atoms with Crippen LogP contribution in [0.1, 0.15) is 30.0 Å². The van der Waals surface area contributed by atoms with E-state index in [1.807, 2.05) is 18.2 Å². The fourth-order valence-corrected chi connectivity index (χ4v) is 4.51. The smallest absolute Gasteiger partial charge is 0.148 e. The van der Waals surface area contributed by atoms with Crippen molar-refractivity contribution in [3.63, 3.8) is 0 Å². The van der Waals surface area contributed by atoms with E-state index >= 15 is 0 Å². The van der Waals surface area contributed by atoms with Gasteiger partial charge in [-0.25, -0.2) is 0 Å². The van der Waals surface area contributed by atoms with Gasteiger partial charge >= 0.3 is 0 Å². The third kappa shape index (κ3) is 6.47. The normalized spacial score (nSPS) is 12.0. The zero-order chi connectivity index (χ0) is 19.8. The highest BCUT2D eigenvalue weighted by molar-refractivity contribution is 9.11. The molecule has 0 aliphatic heterocycles. The molecular formula is C24H25Br2NO. The summed E-state index contributed by atoms with van der Waals surface area (Å²) in [5.41, 5.74) is 3.76. The molecule has 0 aliphatic carbocycles. The van der Waals surface area contributed by atoms with Crippen LogP contribution < -0.4 is 10.1 Å². The Morgan fingerprint density at radius 3 is 2.00 bits per heavy atom. The maximum atomic E-state index is 6.01. The lowest BCUT2D eigenvalue weighted by Gasteiger charge is -2.16. The molecule has 2 nitrogen and oxygen atoms in total. The minimum atomic E-state index is 0.451. The standard InChI is InChI=1S/C24H25Br2NO/c1-18(12-13-19-8-4-2-5-9-19)27-16-21-14-22(25)24(23(26)15-21)28-17-20-10-6-3-7-11-20/h2-11,14-15,18,27H,12-13,16-17H2,1H3/t18-/m0/s1. The number of nitrogens with one attached hydrogen (secondary N) is 1. The molecule has 0 radical (unpaired) electrons. The van der Waals surface area contributed by atoms with E-state index in [1.165, 1.54) is 11.1 Å². The van der Waals surface area contributed by atoms with E-state index in [9.17, 15) is 0 Å². The molecule has 0 spiro atoms. The fourth-order valence-electron chi connectivity index (χ4n) is 3.00. The third-order valence-electron chi connectivity index (χ3n) is 4.65. The van der Waals surface area contributed by atoms with Gasteiger partial charge in [-0.05, 0) is 80.4 Å². The summed E-state index contributed by atoms with van der Waals surface area (Å²) in [5.74, 6) is 0.838. The topological polar surface area (TPSA) is 21.3 Å². The lowest BCUT2D eigenvalue weighted by Crippen LogP contribution is -2.26. The Morgan fingerprint density at radius 2 is 1.39 bits per heavy atom. The molecule has 3 rings (SSSR count). The summed E-state index contributed by atoms with van der Waals surface area (Å²) in [6.07, 6.45) is 2.21. The average Bonchev–Trinajstić information content (AvgIpc) is 2.71. The van der Waals surface area contributed by atoms with Gasteiger partial charge in [0.25, 0.3) is 0 Å². The molecule has 0 fully saturated rings. The predicted octanol–water partition coefficient (Wildman–Crippen LogP) is 6.90. The predicted molar refractivity (Wildman–Crippen MR) is 124 cm³/mol. The highest BCUT2D eigenvalue weighted by atomic mass is 79.9. The first-order valence-electron chi connectivity index (χ1n) is 9.54. The Morgan fingerprint density at radius 1 is 0.821 bits per heavy atom.